The molecule has 7 rings (SSSR count). The Labute approximate surface area is 713 Å². The zero-order chi connectivity index (χ0) is 90.2. The summed E-state index contributed by atoms with van der Waals surface area (Å²) in [5.41, 5.74) is 0. The van der Waals surface area contributed by atoms with Crippen molar-refractivity contribution in [2.45, 2.75) is 395 Å². The number of hydrogen-bond donors (Lipinski definition) is 24. The number of phosphoric acid groups is 1. The Kier molecular flexibility index (Phi) is 47.5. The van der Waals surface area contributed by atoms with Crippen molar-refractivity contribution in [1.29, 1.82) is 0 Å². The van der Waals surface area contributed by atoms with Gasteiger partial charge in [0.1, 0.15) is 190 Å². The van der Waals surface area contributed by atoms with E-state index in [1.54, 1.807) is 0 Å². The molecule has 0 aromatic rings. The molecule has 0 aromatic heterocycles. The van der Waals surface area contributed by atoms with Gasteiger partial charge in [0.25, 0.3) is 0 Å². The summed E-state index contributed by atoms with van der Waals surface area (Å²) in [4.78, 5) is 38.4. The molecule has 43 nitrogen and oxygen atoms in total. The van der Waals surface area contributed by atoms with E-state index >= 15 is 0 Å². The molecule has 0 aromatic carbocycles. The Bertz CT molecular complexity index is 3080. The van der Waals surface area contributed by atoms with Crippen molar-refractivity contribution in [3.63, 3.8) is 0 Å². The molecular weight excluding hydrogens is 1670 g/mol. The lowest BCUT2D eigenvalue weighted by Crippen LogP contribution is -2.69. The summed E-state index contributed by atoms with van der Waals surface area (Å²) in [6, 6.07) is 0. The monoisotopic (exact) mass is 1800 g/mol. The third-order valence-corrected chi connectivity index (χ3v) is 23.5. The first-order chi connectivity index (χ1) is 58.7. The van der Waals surface area contributed by atoms with E-state index in [-0.39, 0.29) is 12.8 Å². The number of aliphatic hydroxyl groups is 23. The van der Waals surface area contributed by atoms with Crippen LogP contribution in [-0.2, 0) is 89.5 Å². The van der Waals surface area contributed by atoms with Crippen molar-refractivity contribution in [3.8, 4) is 0 Å². The lowest BCUT2D eigenvalue weighted by atomic mass is 9.84. The second-order valence-corrected chi connectivity index (χ2v) is 33.6. The summed E-state index contributed by atoms with van der Waals surface area (Å²) >= 11 is 0. The first-order valence-electron chi connectivity index (χ1n) is 42.9. The predicted molar refractivity (Wildman–Crippen MR) is 417 cm³/mol. The minimum Gasteiger partial charge on any atom is -0.462 e. The number of carbonyl (C=O) groups is 2. The van der Waals surface area contributed by atoms with Crippen LogP contribution in [0.5, 0.6) is 0 Å². The third-order valence-electron chi connectivity index (χ3n) is 22.6. The maximum atomic E-state index is 14.5. The molecule has 16 unspecified atom stereocenters. The number of phosphoric ester groups is 1. The van der Waals surface area contributed by atoms with Crippen molar-refractivity contribution in [3.05, 3.63) is 36.5 Å². The Balaban J connectivity index is 1.01. The van der Waals surface area contributed by atoms with Gasteiger partial charge in [-0.25, -0.2) is 4.57 Å². The number of unbranched alkanes of at least 4 members (excludes halogenated alkanes) is 17. The number of esters is 2. The van der Waals surface area contributed by atoms with E-state index in [4.69, 9.17) is 75.4 Å². The van der Waals surface area contributed by atoms with Gasteiger partial charge in [-0.1, -0.05) is 121 Å². The highest BCUT2D eigenvalue weighted by atomic mass is 31.2. The predicted octanol–water partition coefficient (Wildman–Crippen LogP) is -5.22. The quantitative estimate of drug-likeness (QED) is 0.0117. The highest BCUT2D eigenvalue weighted by Gasteiger charge is 2.60. The van der Waals surface area contributed by atoms with Crippen LogP contribution in [0.4, 0.5) is 0 Å². The highest BCUT2D eigenvalue weighted by molar-refractivity contribution is 7.47. The Morgan fingerprint density at radius 2 is 0.610 bits per heavy atom. The van der Waals surface area contributed by atoms with Gasteiger partial charge in [0.05, 0.1) is 46.2 Å². The molecule has 0 bridgehead atoms. The van der Waals surface area contributed by atoms with E-state index in [9.17, 15) is 136 Å². The lowest BCUT2D eigenvalue weighted by molar-refractivity contribution is -0.365. The first kappa shape index (κ1) is 107. The summed E-state index contributed by atoms with van der Waals surface area (Å²) in [5, 5.41) is 250. The van der Waals surface area contributed by atoms with Crippen molar-refractivity contribution in [2.24, 2.45) is 0 Å². The molecule has 1 saturated carbocycles. The highest BCUT2D eigenvalue weighted by Crippen LogP contribution is 2.49. The van der Waals surface area contributed by atoms with Gasteiger partial charge < -0.3 is 189 Å². The summed E-state index contributed by atoms with van der Waals surface area (Å²) in [6.45, 7) is -3.00. The molecule has 6 saturated heterocycles. The number of ether oxygens (including phenoxy) is 14. The Morgan fingerprint density at radius 1 is 0.325 bits per heavy atom. The number of carbonyl (C=O) groups excluding carboxylic acids is 2. The molecule has 7 aliphatic rings. The van der Waals surface area contributed by atoms with Crippen LogP contribution in [0.2, 0.25) is 0 Å². The van der Waals surface area contributed by atoms with Crippen LogP contribution in [0, 0.1) is 0 Å². The minimum atomic E-state index is -5.89. The van der Waals surface area contributed by atoms with Crippen molar-refractivity contribution >= 4 is 19.8 Å². The first-order valence-corrected chi connectivity index (χ1v) is 44.4. The summed E-state index contributed by atoms with van der Waals surface area (Å²) in [7, 11) is -5.89. The molecule has 38 atom stereocenters. The zero-order valence-corrected chi connectivity index (χ0v) is 70.3. The standard InChI is InChI=1S/C79H137O43P/c1-3-5-7-9-11-13-15-17-18-20-21-23-25-27-29-31-48(82)107-35-41(113-49(83)32-30-28-26-24-22-19-16-14-12-10-8-6-4-2)36-112-123(105,106)122-73-71(120-78-69(103)57(91)51(85)43(34-81)115-78)63(97)62(96)64(98)72(73)121-79-70(104)61(95)55(89)47(119-79)40-111-77-68(102)60(94)54(88)46(118-77)39-110-76-67(101)59(93)53(87)45(117-76)38-109-75-66(100)58(92)52(86)44(116-75)37-108-74-65(99)56(90)50(84)42(33-80)114-74/h11,13-14,16-18,41-47,50-81,84-104H,3-10,12,15,19-40H2,1-2H3,(H,105,106)/b13-11-,16-14-,18-17-/t41-,42?,43?,44?,45?,46?,47?,50+,51-,52+,53+,54+,55+,56?,57?,58?,59?,60?,61?,62+,63?,64?,65+,66+,67+,68+,69-,70+,71-,72?,73+,74-,75-,76-,77-,78-,79+/m1/s1. The normalized spacial score (nSPS) is 39.8. The molecule has 716 valence electrons. The number of hydrogen-bond acceptors (Lipinski definition) is 42. The van der Waals surface area contributed by atoms with Crippen molar-refractivity contribution in [2.75, 3.05) is 52.9 Å². The second-order valence-electron chi connectivity index (χ2n) is 32.2. The fourth-order valence-corrected chi connectivity index (χ4v) is 15.8. The summed E-state index contributed by atoms with van der Waals surface area (Å²) in [6.07, 6.45) is -44.1. The molecular formula is C79H137O43P. The van der Waals surface area contributed by atoms with Crippen LogP contribution in [-0.4, -0.2) is 414 Å². The fraction of sp³-hybridized carbons (Fsp3) is 0.899. The number of aliphatic hydroxyl groups excluding tert-OH is 23. The molecule has 6 aliphatic heterocycles. The van der Waals surface area contributed by atoms with Gasteiger partial charge in [-0.3, -0.25) is 18.6 Å². The van der Waals surface area contributed by atoms with Gasteiger partial charge in [-0.15, -0.1) is 0 Å². The van der Waals surface area contributed by atoms with Crippen LogP contribution < -0.4 is 0 Å². The topological polar surface area (TPSA) is 684 Å². The van der Waals surface area contributed by atoms with Crippen LogP contribution in [0.15, 0.2) is 36.5 Å². The van der Waals surface area contributed by atoms with E-state index in [0.29, 0.717) is 25.7 Å². The molecule has 6 heterocycles. The maximum absolute atomic E-state index is 14.5. The van der Waals surface area contributed by atoms with E-state index < -0.39 is 300 Å². The third kappa shape index (κ3) is 32.1. The molecule has 0 amide bonds. The SMILES string of the molecule is CCCCC/C=C\C/C=C\CCCCCCCC(=O)OC[C@H](COP(=O)(O)O[C@@H]1C(O[C@@H]2OC(CO[C@@H]3OC(CO[C@@H]4OC(CO[C@@H]5OC(CO[C@@H]6OC(CO)[C@H](O)C(O)[C@@H]6O)[C@H](O)C(O)[C@@H]5O)[C@H](O)C(O)[C@@H]4O)[C@H](O)C(O)[C@@H]3O)[C@H](O)C(O)[C@@H]2O)C(O)[C@@H](O)C(O)[C@H]1O[C@H]1OC(CO)[C@@H](O)C(O)[C@H]1O)OC(=O)CCCCCCC/C=C\CCCCCC. The van der Waals surface area contributed by atoms with Gasteiger partial charge in [0.2, 0.25) is 0 Å². The number of rotatable bonds is 53. The fourth-order valence-electron chi connectivity index (χ4n) is 14.8. The maximum Gasteiger partial charge on any atom is 0.472 e. The van der Waals surface area contributed by atoms with E-state index in [1.165, 1.54) is 32.1 Å². The molecule has 44 heteroatoms. The molecule has 1 aliphatic carbocycles. The smallest absolute Gasteiger partial charge is 0.462 e. The Morgan fingerprint density at radius 3 is 0.984 bits per heavy atom. The van der Waals surface area contributed by atoms with Crippen molar-refractivity contribution in [1.82, 2.24) is 0 Å². The van der Waals surface area contributed by atoms with Gasteiger partial charge in [-0.05, 0) is 70.6 Å². The van der Waals surface area contributed by atoms with Gasteiger partial charge in [-0.2, -0.15) is 0 Å². The van der Waals surface area contributed by atoms with Crippen LogP contribution in [0.1, 0.15) is 168 Å². The molecule has 0 radical (unpaired) electrons. The summed E-state index contributed by atoms with van der Waals surface area (Å²) < 4.78 is 104. The molecule has 7 fully saturated rings. The average Bonchev–Trinajstić information content (AvgIpc) is 0.757. The Hall–Kier alpha value is -3.13. The average molecular weight is 1810 g/mol. The van der Waals surface area contributed by atoms with E-state index in [0.717, 1.165) is 83.5 Å². The van der Waals surface area contributed by atoms with Crippen LogP contribution in [0.3, 0.4) is 0 Å². The lowest BCUT2D eigenvalue weighted by Gasteiger charge is -2.49. The van der Waals surface area contributed by atoms with Crippen LogP contribution >= 0.6 is 7.82 Å². The van der Waals surface area contributed by atoms with Crippen molar-refractivity contribution < 1.29 is 212 Å². The zero-order valence-electron chi connectivity index (χ0n) is 69.4. The minimum absolute atomic E-state index is 0.0527. The number of allylic oxidation sites excluding steroid dienone is 6. The van der Waals surface area contributed by atoms with E-state index in [1.807, 2.05) is 0 Å². The summed E-state index contributed by atoms with van der Waals surface area (Å²) in [5.74, 6) is -1.53. The molecule has 0 spiro atoms. The second kappa shape index (κ2) is 54.6. The van der Waals surface area contributed by atoms with Crippen LogP contribution in [0.25, 0.3) is 0 Å². The van der Waals surface area contributed by atoms with Gasteiger partial charge in [0, 0.05) is 12.8 Å². The largest absolute Gasteiger partial charge is 0.472 e. The molecule has 123 heavy (non-hydrogen) atoms. The van der Waals surface area contributed by atoms with E-state index in [2.05, 4.69) is 50.3 Å². The molecule has 24 N–H and O–H groups in total. The van der Waals surface area contributed by atoms with Gasteiger partial charge >= 0.3 is 19.8 Å². The van der Waals surface area contributed by atoms with Gasteiger partial charge in [0.15, 0.2) is 43.8 Å².